The maximum atomic E-state index is 13.7. The molecule has 0 saturated heterocycles. The van der Waals surface area contributed by atoms with Gasteiger partial charge in [0.1, 0.15) is 5.60 Å². The van der Waals surface area contributed by atoms with Gasteiger partial charge in [-0.3, -0.25) is 0 Å². The summed E-state index contributed by atoms with van der Waals surface area (Å²) in [5, 5.41) is 2.96. The number of nitrogens with zero attached hydrogens (tertiary/aromatic N) is 2. The Bertz CT molecular complexity index is 563. The van der Waals surface area contributed by atoms with Gasteiger partial charge >= 0.3 is 6.09 Å². The van der Waals surface area contributed by atoms with E-state index < -0.39 is 17.5 Å². The minimum Gasteiger partial charge on any atom is -0.444 e. The molecule has 1 heterocycles. The third-order valence-electron chi connectivity index (χ3n) is 3.77. The Balaban J connectivity index is 1.90. The van der Waals surface area contributed by atoms with E-state index in [1.807, 2.05) is 20.8 Å². The van der Waals surface area contributed by atoms with Gasteiger partial charge in [-0.05, 0) is 64.0 Å². The molecule has 2 rings (SSSR count). The zero-order valence-electron chi connectivity index (χ0n) is 13.7. The van der Waals surface area contributed by atoms with Crippen LogP contribution in [0.25, 0.3) is 0 Å². The smallest absolute Gasteiger partial charge is 0.407 e. The monoisotopic (exact) mass is 343 g/mol. The molecule has 7 heteroatoms. The van der Waals surface area contributed by atoms with Crippen LogP contribution in [0.3, 0.4) is 0 Å². The lowest BCUT2D eigenvalue weighted by molar-refractivity contribution is 0.0484. The van der Waals surface area contributed by atoms with Crippen molar-refractivity contribution in [3.8, 4) is 0 Å². The summed E-state index contributed by atoms with van der Waals surface area (Å²) < 4.78 is 19.0. The molecule has 1 N–H and O–H groups in total. The molecule has 0 unspecified atom stereocenters. The summed E-state index contributed by atoms with van der Waals surface area (Å²) in [6, 6.07) is 0.0453. The van der Waals surface area contributed by atoms with E-state index >= 15 is 0 Å². The molecule has 1 amide bonds. The maximum Gasteiger partial charge on any atom is 0.407 e. The minimum atomic E-state index is -0.515. The molecular weight excluding hydrogens is 321 g/mol. The van der Waals surface area contributed by atoms with Gasteiger partial charge in [-0.25, -0.2) is 19.2 Å². The van der Waals surface area contributed by atoms with Crippen LogP contribution in [0.2, 0.25) is 5.28 Å². The quantitative estimate of drug-likeness (QED) is 0.845. The lowest BCUT2D eigenvalue weighted by Crippen LogP contribution is -2.41. The fraction of sp³-hybridized carbons (Fsp3) is 0.688. The fourth-order valence-electron chi connectivity index (χ4n) is 2.88. The average molecular weight is 344 g/mol. The van der Waals surface area contributed by atoms with Crippen LogP contribution in [0, 0.1) is 11.7 Å². The van der Waals surface area contributed by atoms with Gasteiger partial charge in [-0.15, -0.1) is 0 Å². The Morgan fingerprint density at radius 1 is 1.48 bits per heavy atom. The van der Waals surface area contributed by atoms with Gasteiger partial charge in [0, 0.05) is 6.04 Å². The molecule has 2 atom stereocenters. The summed E-state index contributed by atoms with van der Waals surface area (Å²) in [6.07, 6.45) is 4.84. The van der Waals surface area contributed by atoms with Crippen LogP contribution >= 0.6 is 11.6 Å². The highest BCUT2D eigenvalue weighted by Gasteiger charge is 2.26. The van der Waals surface area contributed by atoms with Gasteiger partial charge < -0.3 is 10.1 Å². The largest absolute Gasteiger partial charge is 0.444 e. The summed E-state index contributed by atoms with van der Waals surface area (Å²) in [5.74, 6) is -0.180. The van der Waals surface area contributed by atoms with Gasteiger partial charge in [-0.1, -0.05) is 6.42 Å². The van der Waals surface area contributed by atoms with E-state index in [2.05, 4.69) is 15.3 Å². The van der Waals surface area contributed by atoms with Crippen LogP contribution in [0.4, 0.5) is 9.18 Å². The third-order valence-corrected chi connectivity index (χ3v) is 3.96. The van der Waals surface area contributed by atoms with Crippen molar-refractivity contribution in [2.24, 2.45) is 5.92 Å². The first kappa shape index (κ1) is 17.9. The van der Waals surface area contributed by atoms with E-state index in [9.17, 15) is 9.18 Å². The Hall–Kier alpha value is -1.43. The van der Waals surface area contributed by atoms with Crippen molar-refractivity contribution in [1.82, 2.24) is 15.3 Å². The predicted molar refractivity (Wildman–Crippen MR) is 85.8 cm³/mol. The second kappa shape index (κ2) is 7.43. The molecule has 128 valence electrons. The number of nitrogens with one attached hydrogen (secondary N) is 1. The lowest BCUT2D eigenvalue weighted by Gasteiger charge is -2.30. The van der Waals surface area contributed by atoms with Gasteiger partial charge in [0.15, 0.2) is 5.82 Å². The van der Waals surface area contributed by atoms with Crippen molar-refractivity contribution in [1.29, 1.82) is 0 Å². The highest BCUT2D eigenvalue weighted by molar-refractivity contribution is 6.28. The summed E-state index contributed by atoms with van der Waals surface area (Å²) in [5.41, 5.74) is -0.174. The van der Waals surface area contributed by atoms with Crippen LogP contribution < -0.4 is 5.32 Å². The standard InChI is InChI=1S/C16H23ClFN3O2/c1-16(2,3)23-15(22)20-11-6-4-5-10(7-11)8-13-12(18)9-19-14(17)21-13/h9-11H,4-8H2,1-3H3,(H,20,22)/t10-,11+/m0/s1. The molecule has 1 saturated carbocycles. The van der Waals surface area contributed by atoms with Gasteiger partial charge in [0.25, 0.3) is 0 Å². The first-order valence-electron chi connectivity index (χ1n) is 7.89. The predicted octanol–water partition coefficient (Wildman–Crippen LogP) is 3.90. The molecule has 5 nitrogen and oxygen atoms in total. The molecular formula is C16H23ClFN3O2. The van der Waals surface area contributed by atoms with Crippen molar-refractivity contribution in [3.05, 3.63) is 23.0 Å². The first-order valence-corrected chi connectivity index (χ1v) is 8.27. The van der Waals surface area contributed by atoms with E-state index in [1.54, 1.807) is 0 Å². The van der Waals surface area contributed by atoms with Crippen LogP contribution in [-0.2, 0) is 11.2 Å². The molecule has 1 aromatic rings. The van der Waals surface area contributed by atoms with E-state index in [0.717, 1.165) is 31.9 Å². The summed E-state index contributed by atoms with van der Waals surface area (Å²) in [6.45, 7) is 5.49. The van der Waals surface area contributed by atoms with E-state index in [0.29, 0.717) is 12.1 Å². The fourth-order valence-corrected chi connectivity index (χ4v) is 3.03. The number of halogens is 2. The molecule has 1 aliphatic carbocycles. The topological polar surface area (TPSA) is 64.1 Å². The SMILES string of the molecule is CC(C)(C)OC(=O)N[C@@H]1CCC[C@H](Cc2nc(Cl)ncc2F)C1. The Morgan fingerprint density at radius 2 is 2.22 bits per heavy atom. The van der Waals surface area contributed by atoms with Crippen molar-refractivity contribution in [2.45, 2.75) is 64.5 Å². The van der Waals surface area contributed by atoms with Crippen molar-refractivity contribution in [3.63, 3.8) is 0 Å². The van der Waals surface area contributed by atoms with Crippen LogP contribution in [0.1, 0.15) is 52.1 Å². The van der Waals surface area contributed by atoms with Gasteiger partial charge in [0.05, 0.1) is 11.9 Å². The number of rotatable bonds is 3. The van der Waals surface area contributed by atoms with Crippen LogP contribution in [0.5, 0.6) is 0 Å². The van der Waals surface area contributed by atoms with Crippen molar-refractivity contribution >= 4 is 17.7 Å². The molecule has 1 aliphatic rings. The number of alkyl carbamates (subject to hydrolysis) is 1. The summed E-state index contributed by atoms with van der Waals surface area (Å²) >= 11 is 5.73. The van der Waals surface area contributed by atoms with Crippen LogP contribution in [0.15, 0.2) is 6.20 Å². The minimum absolute atomic E-state index is 0.0453. The number of aromatic nitrogens is 2. The molecule has 0 bridgehead atoms. The third kappa shape index (κ3) is 5.94. The number of hydrogen-bond acceptors (Lipinski definition) is 4. The van der Waals surface area contributed by atoms with Gasteiger partial charge in [-0.2, -0.15) is 0 Å². The normalized spacial score (nSPS) is 21.8. The number of hydrogen-bond donors (Lipinski definition) is 1. The number of ether oxygens (including phenoxy) is 1. The highest BCUT2D eigenvalue weighted by atomic mass is 35.5. The molecule has 1 aromatic heterocycles. The summed E-state index contributed by atoms with van der Waals surface area (Å²) in [4.78, 5) is 19.5. The summed E-state index contributed by atoms with van der Waals surface area (Å²) in [7, 11) is 0. The second-order valence-corrected chi connectivity index (χ2v) is 7.35. The Kier molecular flexibility index (Phi) is 5.79. The zero-order chi connectivity index (χ0) is 17.0. The maximum absolute atomic E-state index is 13.7. The van der Waals surface area contributed by atoms with Crippen molar-refractivity contribution < 1.29 is 13.9 Å². The van der Waals surface area contributed by atoms with E-state index in [1.165, 1.54) is 0 Å². The molecule has 0 aromatic carbocycles. The second-order valence-electron chi connectivity index (χ2n) is 7.01. The van der Waals surface area contributed by atoms with Crippen LogP contribution in [-0.4, -0.2) is 27.7 Å². The zero-order valence-corrected chi connectivity index (χ0v) is 14.5. The Morgan fingerprint density at radius 3 is 2.91 bits per heavy atom. The molecule has 0 radical (unpaired) electrons. The first-order chi connectivity index (χ1) is 10.7. The van der Waals surface area contributed by atoms with Crippen molar-refractivity contribution in [2.75, 3.05) is 0 Å². The van der Waals surface area contributed by atoms with Gasteiger partial charge in [0.2, 0.25) is 5.28 Å². The number of carbonyl (C=O) groups is 1. The number of carbonyl (C=O) groups excluding carboxylic acids is 1. The molecule has 23 heavy (non-hydrogen) atoms. The lowest BCUT2D eigenvalue weighted by atomic mass is 9.83. The highest BCUT2D eigenvalue weighted by Crippen LogP contribution is 2.28. The Labute approximate surface area is 141 Å². The average Bonchev–Trinajstić information content (AvgIpc) is 2.41. The number of amides is 1. The van der Waals surface area contributed by atoms with E-state index in [-0.39, 0.29) is 17.2 Å². The molecule has 0 spiro atoms. The molecule has 0 aliphatic heterocycles. The molecule has 1 fully saturated rings. The van der Waals surface area contributed by atoms with E-state index in [4.69, 9.17) is 16.3 Å².